The Balaban J connectivity index is 1.70. The maximum absolute atomic E-state index is 6.68. The van der Waals surface area contributed by atoms with Crippen LogP contribution in [0.5, 0.6) is 5.75 Å². The first-order valence-electron chi connectivity index (χ1n) is 8.92. The van der Waals surface area contributed by atoms with Crippen LogP contribution in [0.2, 0.25) is 0 Å². The van der Waals surface area contributed by atoms with E-state index in [1.165, 1.54) is 11.3 Å². The van der Waals surface area contributed by atoms with Gasteiger partial charge < -0.3 is 9.64 Å². The topological polar surface area (TPSA) is 37.7 Å². The molecule has 2 aliphatic rings. The molecule has 0 fully saturated rings. The SMILES string of the molecule is Cc1ccc2c3c(ccc2n1)O[C@@]1(C=N3)N(C)c2ccccc2C1(C)C. The number of fused-ring (bicyclic) bond motifs is 4. The van der Waals surface area contributed by atoms with Gasteiger partial charge in [-0.3, -0.25) is 9.98 Å². The first-order chi connectivity index (χ1) is 12.4. The predicted molar refractivity (Wildman–Crippen MR) is 106 cm³/mol. The Morgan fingerprint density at radius 2 is 1.81 bits per heavy atom. The number of aromatic nitrogens is 1. The van der Waals surface area contributed by atoms with Gasteiger partial charge in [-0.05, 0) is 56.7 Å². The molecule has 3 aromatic rings. The van der Waals surface area contributed by atoms with Gasteiger partial charge in [0.2, 0.25) is 5.72 Å². The fourth-order valence-electron chi connectivity index (χ4n) is 4.36. The lowest BCUT2D eigenvalue weighted by Gasteiger charge is -2.44. The lowest BCUT2D eigenvalue weighted by atomic mass is 9.77. The van der Waals surface area contributed by atoms with E-state index < -0.39 is 5.72 Å². The molecule has 0 radical (unpaired) electrons. The average molecular weight is 343 g/mol. The van der Waals surface area contributed by atoms with Crippen LogP contribution in [0.1, 0.15) is 25.1 Å². The molecule has 2 aromatic carbocycles. The highest BCUT2D eigenvalue weighted by Crippen LogP contribution is 2.53. The van der Waals surface area contributed by atoms with Gasteiger partial charge in [-0.15, -0.1) is 0 Å². The Morgan fingerprint density at radius 3 is 2.62 bits per heavy atom. The Morgan fingerprint density at radius 1 is 1.00 bits per heavy atom. The summed E-state index contributed by atoms with van der Waals surface area (Å²) >= 11 is 0. The molecule has 3 heterocycles. The highest BCUT2D eigenvalue weighted by atomic mass is 16.5. The molecule has 1 atom stereocenters. The van der Waals surface area contributed by atoms with E-state index in [0.29, 0.717) is 0 Å². The second-order valence-corrected chi connectivity index (χ2v) is 7.69. The number of para-hydroxylation sites is 1. The van der Waals surface area contributed by atoms with Crippen LogP contribution in [0.25, 0.3) is 10.9 Å². The molecular formula is C22H21N3O. The zero-order chi connectivity index (χ0) is 18.1. The molecule has 1 spiro atoms. The first-order valence-corrected chi connectivity index (χ1v) is 8.92. The molecule has 130 valence electrons. The number of hydrogen-bond acceptors (Lipinski definition) is 4. The number of aliphatic imine (C=N–C) groups is 1. The fraction of sp³-hybridized carbons (Fsp3) is 0.273. The van der Waals surface area contributed by atoms with Crippen LogP contribution in [0.15, 0.2) is 53.5 Å². The fourth-order valence-corrected chi connectivity index (χ4v) is 4.36. The summed E-state index contributed by atoms with van der Waals surface area (Å²) in [5, 5.41) is 1.02. The third-order valence-electron chi connectivity index (χ3n) is 5.91. The van der Waals surface area contributed by atoms with Crippen LogP contribution >= 0.6 is 0 Å². The van der Waals surface area contributed by atoms with Crippen molar-refractivity contribution in [3.05, 3.63) is 59.8 Å². The van der Waals surface area contributed by atoms with Crippen molar-refractivity contribution in [1.29, 1.82) is 0 Å². The number of likely N-dealkylation sites (N-methyl/N-ethyl adjacent to an activating group) is 1. The van der Waals surface area contributed by atoms with Gasteiger partial charge in [0.05, 0.1) is 17.1 Å². The van der Waals surface area contributed by atoms with Gasteiger partial charge >= 0.3 is 0 Å². The molecule has 0 N–H and O–H groups in total. The predicted octanol–water partition coefficient (Wildman–Crippen LogP) is 4.76. The quantitative estimate of drug-likeness (QED) is 0.590. The molecule has 0 amide bonds. The minimum absolute atomic E-state index is 0.236. The maximum Gasteiger partial charge on any atom is 0.228 e. The molecule has 0 unspecified atom stereocenters. The normalized spacial score (nSPS) is 22.4. The lowest BCUT2D eigenvalue weighted by Crippen LogP contribution is -2.61. The van der Waals surface area contributed by atoms with Crippen molar-refractivity contribution in [3.63, 3.8) is 0 Å². The van der Waals surface area contributed by atoms with Crippen LogP contribution < -0.4 is 9.64 Å². The third kappa shape index (κ3) is 1.74. The number of hydrogen-bond donors (Lipinski definition) is 0. The summed E-state index contributed by atoms with van der Waals surface area (Å²) in [5.41, 5.74) is 4.39. The highest BCUT2D eigenvalue weighted by molar-refractivity contribution is 5.98. The van der Waals surface area contributed by atoms with Gasteiger partial charge in [0.1, 0.15) is 11.4 Å². The molecule has 4 heteroatoms. The number of anilines is 1. The van der Waals surface area contributed by atoms with Crippen LogP contribution in [0.4, 0.5) is 11.4 Å². The summed E-state index contributed by atoms with van der Waals surface area (Å²) in [7, 11) is 2.08. The van der Waals surface area contributed by atoms with Crippen molar-refractivity contribution in [3.8, 4) is 5.75 Å². The van der Waals surface area contributed by atoms with E-state index in [1.807, 2.05) is 31.3 Å². The summed E-state index contributed by atoms with van der Waals surface area (Å²) in [6.07, 6.45) is 1.97. The molecule has 1 aromatic heterocycles. The van der Waals surface area contributed by atoms with Crippen molar-refractivity contribution < 1.29 is 4.74 Å². The Labute approximate surface area is 153 Å². The monoisotopic (exact) mass is 343 g/mol. The number of benzene rings is 2. The zero-order valence-electron chi connectivity index (χ0n) is 15.4. The number of nitrogens with zero attached hydrogens (tertiary/aromatic N) is 3. The Kier molecular flexibility index (Phi) is 2.87. The largest absolute Gasteiger partial charge is 0.459 e. The van der Waals surface area contributed by atoms with Gasteiger partial charge in [-0.25, -0.2) is 0 Å². The second kappa shape index (κ2) is 4.85. The van der Waals surface area contributed by atoms with Crippen molar-refractivity contribution in [1.82, 2.24) is 4.98 Å². The van der Waals surface area contributed by atoms with E-state index in [0.717, 1.165) is 28.0 Å². The van der Waals surface area contributed by atoms with Gasteiger partial charge in [0.15, 0.2) is 0 Å². The molecular weight excluding hydrogens is 322 g/mol. The molecule has 0 bridgehead atoms. The minimum atomic E-state index is -0.643. The maximum atomic E-state index is 6.68. The number of pyridine rings is 1. The molecule has 5 rings (SSSR count). The van der Waals surface area contributed by atoms with E-state index in [1.54, 1.807) is 0 Å². The summed E-state index contributed by atoms with van der Waals surface area (Å²) < 4.78 is 6.68. The summed E-state index contributed by atoms with van der Waals surface area (Å²) in [5.74, 6) is 0.804. The van der Waals surface area contributed by atoms with Crippen molar-refractivity contribution in [2.45, 2.75) is 31.9 Å². The molecule has 4 nitrogen and oxygen atoms in total. The number of ether oxygens (including phenoxy) is 1. The van der Waals surface area contributed by atoms with Crippen LogP contribution in [-0.4, -0.2) is 24.0 Å². The molecule has 0 saturated carbocycles. The first kappa shape index (κ1) is 15.4. The molecule has 0 saturated heterocycles. The summed E-state index contributed by atoms with van der Waals surface area (Å²) in [6, 6.07) is 16.6. The summed E-state index contributed by atoms with van der Waals surface area (Å²) in [4.78, 5) is 11.7. The second-order valence-electron chi connectivity index (χ2n) is 7.69. The Hall–Kier alpha value is -2.88. The lowest BCUT2D eigenvalue weighted by molar-refractivity contribution is 0.0826. The van der Waals surface area contributed by atoms with Crippen LogP contribution in [0.3, 0.4) is 0 Å². The van der Waals surface area contributed by atoms with E-state index in [2.05, 4.69) is 61.1 Å². The zero-order valence-corrected chi connectivity index (χ0v) is 15.4. The van der Waals surface area contributed by atoms with Crippen LogP contribution in [-0.2, 0) is 5.41 Å². The van der Waals surface area contributed by atoms with Gasteiger partial charge in [0.25, 0.3) is 0 Å². The minimum Gasteiger partial charge on any atom is -0.459 e. The smallest absolute Gasteiger partial charge is 0.228 e. The van der Waals surface area contributed by atoms with E-state index in [4.69, 9.17) is 9.73 Å². The van der Waals surface area contributed by atoms with Gasteiger partial charge in [-0.2, -0.15) is 0 Å². The van der Waals surface area contributed by atoms with Gasteiger partial charge in [0, 0.05) is 23.8 Å². The van der Waals surface area contributed by atoms with Crippen molar-refractivity contribution in [2.24, 2.45) is 4.99 Å². The third-order valence-corrected chi connectivity index (χ3v) is 5.91. The number of rotatable bonds is 0. The number of aryl methyl sites for hydroxylation is 1. The van der Waals surface area contributed by atoms with E-state index >= 15 is 0 Å². The molecule has 2 aliphatic heterocycles. The van der Waals surface area contributed by atoms with E-state index in [9.17, 15) is 0 Å². The van der Waals surface area contributed by atoms with Crippen molar-refractivity contribution in [2.75, 3.05) is 11.9 Å². The van der Waals surface area contributed by atoms with E-state index in [-0.39, 0.29) is 5.41 Å². The Bertz CT molecular complexity index is 1090. The highest BCUT2D eigenvalue weighted by Gasteiger charge is 2.58. The standard InChI is InChI=1S/C22H21N3O/c1-14-9-10-15-17(24-14)11-12-19-20(15)23-13-22(26-19)21(2,3)16-7-5-6-8-18(16)25(22)4/h5-13H,1-4H3/t22-/m1/s1. The average Bonchev–Trinajstić information content (AvgIpc) is 2.80. The summed E-state index contributed by atoms with van der Waals surface area (Å²) in [6.45, 7) is 6.44. The molecule has 26 heavy (non-hydrogen) atoms. The van der Waals surface area contributed by atoms with Crippen molar-refractivity contribution >= 4 is 28.5 Å². The molecule has 0 aliphatic carbocycles. The van der Waals surface area contributed by atoms with Crippen LogP contribution in [0, 0.1) is 6.92 Å². The van der Waals surface area contributed by atoms with Gasteiger partial charge in [-0.1, -0.05) is 18.2 Å².